The largest absolute Gasteiger partial charge is 0.301 e. The Labute approximate surface area is 314 Å². The van der Waals surface area contributed by atoms with E-state index in [1.54, 1.807) is 0 Å². The van der Waals surface area contributed by atoms with Gasteiger partial charge in [0.05, 0.1) is 16.7 Å². The smallest absolute Gasteiger partial charge is 0.179 e. The van der Waals surface area contributed by atoms with Crippen molar-refractivity contribution in [3.8, 4) is 0 Å². The highest BCUT2D eigenvalue weighted by molar-refractivity contribution is 5.94. The minimum Gasteiger partial charge on any atom is -0.301 e. The van der Waals surface area contributed by atoms with Crippen molar-refractivity contribution in [1.82, 2.24) is 19.9 Å². The summed E-state index contributed by atoms with van der Waals surface area (Å²) in [6, 6.07) is 43.4. The zero-order chi connectivity index (χ0) is 36.3. The van der Waals surface area contributed by atoms with E-state index >= 15 is 0 Å². The molecule has 7 aromatic rings. The number of aromatic nitrogens is 4. The normalized spacial score (nSPS) is 22.1. The van der Waals surface area contributed by atoms with Gasteiger partial charge in [0, 0.05) is 46.4 Å². The van der Waals surface area contributed by atoms with Gasteiger partial charge in [-0.05, 0) is 91.1 Å². The number of rotatable bonds is 2. The molecular formula is C46H38N8. The highest BCUT2D eigenvalue weighted by Gasteiger charge is 2.63. The van der Waals surface area contributed by atoms with Crippen molar-refractivity contribution in [1.29, 1.82) is 0 Å². The van der Waals surface area contributed by atoms with Gasteiger partial charge < -0.3 is 19.6 Å². The van der Waals surface area contributed by atoms with Crippen molar-refractivity contribution in [3.05, 3.63) is 163 Å². The summed E-state index contributed by atoms with van der Waals surface area (Å²) < 4.78 is 0. The van der Waals surface area contributed by atoms with Gasteiger partial charge >= 0.3 is 0 Å². The van der Waals surface area contributed by atoms with E-state index in [4.69, 9.17) is 26.5 Å². The topological polar surface area (TPSA) is 64.5 Å². The van der Waals surface area contributed by atoms with Crippen LogP contribution in [0.25, 0.3) is 16.6 Å². The van der Waals surface area contributed by atoms with Crippen LogP contribution in [0.3, 0.4) is 0 Å². The summed E-state index contributed by atoms with van der Waals surface area (Å²) in [5.74, 6) is 3.26. The van der Waals surface area contributed by atoms with Crippen molar-refractivity contribution in [3.63, 3.8) is 0 Å². The number of hydrogen-bond acceptors (Lipinski definition) is 8. The summed E-state index contributed by atoms with van der Waals surface area (Å²) in [6.07, 6.45) is 3.88. The van der Waals surface area contributed by atoms with Crippen LogP contribution >= 0.6 is 0 Å². The molecule has 0 fully saturated rings. The number of fused-ring (bicyclic) bond motifs is 15. The number of allylic oxidation sites excluding steroid dienone is 1. The third kappa shape index (κ3) is 4.19. The summed E-state index contributed by atoms with van der Waals surface area (Å²) in [5, 5.41) is 0. The third-order valence-corrected chi connectivity index (χ3v) is 12.0. The first-order valence-corrected chi connectivity index (χ1v) is 18.7. The summed E-state index contributed by atoms with van der Waals surface area (Å²) in [6.45, 7) is 11.6. The van der Waals surface area contributed by atoms with Gasteiger partial charge in [0.2, 0.25) is 0 Å². The fourth-order valence-corrected chi connectivity index (χ4v) is 9.82. The Morgan fingerprint density at radius 3 is 1.91 bits per heavy atom. The molecule has 0 bridgehead atoms. The quantitative estimate of drug-likeness (QED) is 0.176. The molecule has 8 heteroatoms. The fourth-order valence-electron chi connectivity index (χ4n) is 9.82. The second-order valence-electron chi connectivity index (χ2n) is 15.3. The monoisotopic (exact) mass is 702 g/mol. The van der Waals surface area contributed by atoms with E-state index in [1.807, 2.05) is 24.5 Å². The van der Waals surface area contributed by atoms with Crippen LogP contribution in [0, 0.1) is 19.8 Å². The third-order valence-electron chi connectivity index (χ3n) is 12.0. The summed E-state index contributed by atoms with van der Waals surface area (Å²) >= 11 is 0. The maximum Gasteiger partial charge on any atom is 0.179 e. The number of aryl methyl sites for hydroxylation is 2. The van der Waals surface area contributed by atoms with Crippen LogP contribution in [0.15, 0.2) is 140 Å². The van der Waals surface area contributed by atoms with Crippen LogP contribution in [-0.4, -0.2) is 32.3 Å². The zero-order valence-electron chi connectivity index (χ0n) is 30.4. The molecular weight excluding hydrogens is 665 g/mol. The zero-order valence-corrected chi connectivity index (χ0v) is 30.4. The van der Waals surface area contributed by atoms with Gasteiger partial charge in [-0.15, -0.1) is 0 Å². The lowest BCUT2D eigenvalue weighted by atomic mass is 9.61. The summed E-state index contributed by atoms with van der Waals surface area (Å²) in [5.41, 5.74) is 11.6. The summed E-state index contributed by atoms with van der Waals surface area (Å²) in [7, 11) is 0. The Balaban J connectivity index is 1.28. The molecule has 4 unspecified atom stereocenters. The van der Waals surface area contributed by atoms with Gasteiger partial charge in [-0.2, -0.15) is 0 Å². The Kier molecular flexibility index (Phi) is 6.45. The van der Waals surface area contributed by atoms with E-state index in [9.17, 15) is 0 Å². The lowest BCUT2D eigenvalue weighted by Crippen LogP contribution is -2.65. The van der Waals surface area contributed by atoms with Crippen molar-refractivity contribution < 1.29 is 0 Å². The van der Waals surface area contributed by atoms with Gasteiger partial charge in [0.1, 0.15) is 12.3 Å². The molecule has 4 aliphatic heterocycles. The van der Waals surface area contributed by atoms with Crippen LogP contribution < -0.4 is 19.6 Å². The number of nitrogens with zero attached hydrogens (tertiary/aromatic N) is 8. The van der Waals surface area contributed by atoms with Crippen molar-refractivity contribution >= 4 is 62.6 Å². The van der Waals surface area contributed by atoms with Crippen LogP contribution in [0.5, 0.6) is 0 Å². The molecule has 5 aromatic carbocycles. The molecule has 0 radical (unpaired) electrons. The number of benzene rings is 5. The number of para-hydroxylation sites is 4. The molecule has 4 atom stereocenters. The minimum atomic E-state index is -0.432. The second kappa shape index (κ2) is 11.2. The fraction of sp³-hybridized carbons (Fsp3) is 0.174. The van der Waals surface area contributed by atoms with E-state index in [2.05, 4.69) is 150 Å². The molecule has 262 valence electrons. The minimum absolute atomic E-state index is 0.117. The first-order valence-electron chi connectivity index (χ1n) is 18.7. The van der Waals surface area contributed by atoms with Gasteiger partial charge in [-0.1, -0.05) is 86.3 Å². The van der Waals surface area contributed by atoms with Crippen molar-refractivity contribution in [2.24, 2.45) is 5.92 Å². The SMILES string of the molecule is C=C1CC2(C)c3ccccc3N3c4nc5ccccc5nc4N(c4ccccc4)C3C2C2N(c3cccc(C)c3)c3nccnc3N2c2cc(C)ccc21. The van der Waals surface area contributed by atoms with E-state index in [-0.39, 0.29) is 18.2 Å². The molecule has 0 amide bonds. The van der Waals surface area contributed by atoms with Crippen molar-refractivity contribution in [2.75, 3.05) is 19.6 Å². The maximum absolute atomic E-state index is 5.45. The lowest BCUT2D eigenvalue weighted by molar-refractivity contribution is 0.203. The molecule has 54 heavy (non-hydrogen) atoms. The van der Waals surface area contributed by atoms with E-state index in [1.165, 1.54) is 16.7 Å². The molecule has 4 aliphatic rings. The lowest BCUT2D eigenvalue weighted by Gasteiger charge is -2.57. The van der Waals surface area contributed by atoms with Gasteiger partial charge in [-0.3, -0.25) is 0 Å². The van der Waals surface area contributed by atoms with E-state index in [0.717, 1.165) is 74.6 Å². The predicted octanol–water partition coefficient (Wildman–Crippen LogP) is 10.3. The average molecular weight is 703 g/mol. The van der Waals surface area contributed by atoms with Crippen LogP contribution in [0.4, 0.5) is 46.0 Å². The molecule has 0 aliphatic carbocycles. The Morgan fingerprint density at radius 2 is 1.17 bits per heavy atom. The van der Waals surface area contributed by atoms with Gasteiger partial charge in [-0.25, -0.2) is 19.9 Å². The Morgan fingerprint density at radius 1 is 0.574 bits per heavy atom. The molecule has 0 spiro atoms. The van der Waals surface area contributed by atoms with Crippen LogP contribution in [0.1, 0.15) is 35.6 Å². The predicted molar refractivity (Wildman–Crippen MR) is 217 cm³/mol. The molecule has 11 rings (SSSR count). The summed E-state index contributed by atoms with van der Waals surface area (Å²) in [4.78, 5) is 31.0. The highest BCUT2D eigenvalue weighted by atomic mass is 15.5. The second-order valence-corrected chi connectivity index (χ2v) is 15.3. The van der Waals surface area contributed by atoms with E-state index < -0.39 is 5.41 Å². The number of anilines is 8. The first kappa shape index (κ1) is 31.0. The Bertz CT molecular complexity index is 2670. The molecule has 2 aromatic heterocycles. The molecule has 0 N–H and O–H groups in total. The van der Waals surface area contributed by atoms with E-state index in [0.29, 0.717) is 0 Å². The van der Waals surface area contributed by atoms with Gasteiger partial charge in [0.15, 0.2) is 23.3 Å². The van der Waals surface area contributed by atoms with Crippen LogP contribution in [0.2, 0.25) is 0 Å². The standard InChI is InChI=1S/C46H38N8/c1-28-13-12-16-32(25-28)52-40-41(48-24-23-47-40)54-38-26-29(2)21-22-33(38)30(3)27-46(4)34-17-8-11-20-37(34)53-43-42(49-35-18-9-10-19-36(35)50-43)51(31-14-6-5-7-15-31)44(53)39(46)45(52)54/h5-26,39,44-45H,3,27H2,1-2,4H3. The Hall–Kier alpha value is -6.54. The molecule has 0 saturated carbocycles. The van der Waals surface area contributed by atoms with Gasteiger partial charge in [0.25, 0.3) is 0 Å². The molecule has 0 saturated heterocycles. The van der Waals surface area contributed by atoms with Crippen LogP contribution in [-0.2, 0) is 5.41 Å². The first-order chi connectivity index (χ1) is 26.4. The number of hydrogen-bond donors (Lipinski definition) is 0. The molecule has 8 nitrogen and oxygen atoms in total. The maximum atomic E-state index is 5.45. The molecule has 6 heterocycles. The highest BCUT2D eigenvalue weighted by Crippen LogP contribution is 2.64. The average Bonchev–Trinajstić information content (AvgIpc) is 3.69. The van der Waals surface area contributed by atoms with Crippen molar-refractivity contribution in [2.45, 2.75) is 44.9 Å².